The monoisotopic (exact) mass is 178 g/mol. The predicted molar refractivity (Wildman–Crippen MR) is 45.9 cm³/mol. The third-order valence-corrected chi connectivity index (χ3v) is 2.17. The molecule has 1 saturated carbocycles. The summed E-state index contributed by atoms with van der Waals surface area (Å²) < 4.78 is 0. The number of nitrogens with zero attached hydrogens (tertiary/aromatic N) is 2. The van der Waals surface area contributed by atoms with Crippen LogP contribution in [0.1, 0.15) is 30.0 Å². The predicted octanol–water partition coefficient (Wildman–Crippen LogP) is 2.48. The summed E-state index contributed by atoms with van der Waals surface area (Å²) in [5.74, 6) is 0.623. The van der Waals surface area contributed by atoms with Crippen LogP contribution in [0.3, 0.4) is 0 Å². The SMILES string of the molecule is N#Cc1cc(C2CC2)cc(Cl)n1. The van der Waals surface area contributed by atoms with Crippen LogP contribution in [0.25, 0.3) is 0 Å². The number of nitriles is 1. The molecule has 1 aliphatic carbocycles. The minimum Gasteiger partial charge on any atom is -0.225 e. The summed E-state index contributed by atoms with van der Waals surface area (Å²) in [5.41, 5.74) is 1.58. The van der Waals surface area contributed by atoms with Crippen molar-refractivity contribution in [1.82, 2.24) is 4.98 Å². The van der Waals surface area contributed by atoms with Gasteiger partial charge < -0.3 is 0 Å². The van der Waals surface area contributed by atoms with Crippen molar-refractivity contribution in [2.24, 2.45) is 0 Å². The summed E-state index contributed by atoms with van der Waals surface area (Å²) in [4.78, 5) is 3.87. The first kappa shape index (κ1) is 7.57. The van der Waals surface area contributed by atoms with Crippen molar-refractivity contribution in [3.05, 3.63) is 28.5 Å². The molecule has 1 aromatic rings. The summed E-state index contributed by atoms with van der Waals surface area (Å²) in [6.07, 6.45) is 2.43. The molecule has 1 aliphatic rings. The molecule has 2 rings (SSSR count). The molecule has 0 saturated heterocycles. The van der Waals surface area contributed by atoms with Crippen molar-refractivity contribution in [3.8, 4) is 6.07 Å². The molecule has 0 aromatic carbocycles. The number of aromatic nitrogens is 1. The second-order valence-corrected chi connectivity index (χ2v) is 3.38. The lowest BCUT2D eigenvalue weighted by molar-refractivity contribution is 1.10. The second-order valence-electron chi connectivity index (χ2n) is 2.99. The van der Waals surface area contributed by atoms with E-state index in [1.54, 1.807) is 0 Å². The number of pyridine rings is 1. The molecule has 0 radical (unpaired) electrons. The smallest absolute Gasteiger partial charge is 0.142 e. The number of halogens is 1. The van der Waals surface area contributed by atoms with Crippen LogP contribution in [0.5, 0.6) is 0 Å². The van der Waals surface area contributed by atoms with Gasteiger partial charge in [0.15, 0.2) is 0 Å². The molecule has 0 unspecified atom stereocenters. The Labute approximate surface area is 75.8 Å². The Morgan fingerprint density at radius 2 is 2.25 bits per heavy atom. The Morgan fingerprint density at radius 3 is 2.83 bits per heavy atom. The maximum atomic E-state index is 8.62. The van der Waals surface area contributed by atoms with Crippen molar-refractivity contribution < 1.29 is 0 Å². The topological polar surface area (TPSA) is 36.7 Å². The highest BCUT2D eigenvalue weighted by atomic mass is 35.5. The van der Waals surface area contributed by atoms with E-state index in [9.17, 15) is 0 Å². The number of hydrogen-bond donors (Lipinski definition) is 0. The highest BCUT2D eigenvalue weighted by Gasteiger charge is 2.24. The van der Waals surface area contributed by atoms with Gasteiger partial charge in [-0.2, -0.15) is 5.26 Å². The van der Waals surface area contributed by atoms with E-state index in [-0.39, 0.29) is 0 Å². The van der Waals surface area contributed by atoms with Gasteiger partial charge in [0.1, 0.15) is 16.9 Å². The van der Waals surface area contributed by atoms with E-state index >= 15 is 0 Å². The third-order valence-electron chi connectivity index (χ3n) is 1.98. The number of hydrogen-bond acceptors (Lipinski definition) is 2. The third kappa shape index (κ3) is 1.41. The van der Waals surface area contributed by atoms with Gasteiger partial charge in [0.05, 0.1) is 0 Å². The Kier molecular flexibility index (Phi) is 1.74. The van der Waals surface area contributed by atoms with Crippen LogP contribution in [0.2, 0.25) is 5.15 Å². The highest BCUT2D eigenvalue weighted by Crippen LogP contribution is 2.40. The summed E-state index contributed by atoms with van der Waals surface area (Å²) in [6, 6.07) is 5.67. The Morgan fingerprint density at radius 1 is 1.50 bits per heavy atom. The zero-order valence-corrected chi connectivity index (χ0v) is 7.17. The van der Waals surface area contributed by atoms with Crippen LogP contribution >= 0.6 is 11.6 Å². The first-order chi connectivity index (χ1) is 5.79. The molecule has 60 valence electrons. The van der Waals surface area contributed by atoms with E-state index in [1.165, 1.54) is 12.8 Å². The Hall–Kier alpha value is -1.07. The molecule has 0 spiro atoms. The van der Waals surface area contributed by atoms with Gasteiger partial charge in [0.2, 0.25) is 0 Å². The average molecular weight is 179 g/mol. The molecule has 0 N–H and O–H groups in total. The molecule has 1 heterocycles. The minimum atomic E-state index is 0.421. The molecule has 0 aliphatic heterocycles. The van der Waals surface area contributed by atoms with Crippen LogP contribution < -0.4 is 0 Å². The van der Waals surface area contributed by atoms with E-state index < -0.39 is 0 Å². The zero-order chi connectivity index (χ0) is 8.55. The first-order valence-electron chi connectivity index (χ1n) is 3.87. The summed E-state index contributed by atoms with van der Waals surface area (Å²) in [6.45, 7) is 0. The second kappa shape index (κ2) is 2.76. The fourth-order valence-electron chi connectivity index (χ4n) is 1.23. The summed E-state index contributed by atoms with van der Waals surface area (Å²) in [5, 5.41) is 9.04. The van der Waals surface area contributed by atoms with Gasteiger partial charge in [0.25, 0.3) is 0 Å². The minimum absolute atomic E-state index is 0.421. The van der Waals surface area contributed by atoms with E-state index in [0.717, 1.165) is 5.56 Å². The van der Waals surface area contributed by atoms with Crippen molar-refractivity contribution >= 4 is 11.6 Å². The molecule has 0 amide bonds. The fraction of sp³-hybridized carbons (Fsp3) is 0.333. The van der Waals surface area contributed by atoms with Crippen LogP contribution in [0.4, 0.5) is 0 Å². The molecule has 1 aromatic heterocycles. The lowest BCUT2D eigenvalue weighted by Gasteiger charge is -1.98. The average Bonchev–Trinajstić information content (AvgIpc) is 2.85. The van der Waals surface area contributed by atoms with Gasteiger partial charge in [-0.05, 0) is 36.5 Å². The molecular formula is C9H7ClN2. The molecular weight excluding hydrogens is 172 g/mol. The fourth-order valence-corrected chi connectivity index (χ4v) is 1.44. The van der Waals surface area contributed by atoms with Crippen molar-refractivity contribution in [3.63, 3.8) is 0 Å². The normalized spacial score (nSPS) is 15.7. The molecule has 3 heteroatoms. The van der Waals surface area contributed by atoms with Crippen LogP contribution in [0, 0.1) is 11.3 Å². The van der Waals surface area contributed by atoms with Crippen LogP contribution in [0.15, 0.2) is 12.1 Å². The van der Waals surface area contributed by atoms with Gasteiger partial charge in [-0.15, -0.1) is 0 Å². The van der Waals surface area contributed by atoms with Gasteiger partial charge >= 0.3 is 0 Å². The van der Waals surface area contributed by atoms with Crippen molar-refractivity contribution in [1.29, 1.82) is 5.26 Å². The van der Waals surface area contributed by atoms with E-state index in [4.69, 9.17) is 16.9 Å². The first-order valence-corrected chi connectivity index (χ1v) is 4.25. The van der Waals surface area contributed by atoms with E-state index in [2.05, 4.69) is 4.98 Å². The quantitative estimate of drug-likeness (QED) is 0.620. The maximum absolute atomic E-state index is 8.62. The Balaban J connectivity index is 2.43. The van der Waals surface area contributed by atoms with Crippen LogP contribution in [-0.2, 0) is 0 Å². The largest absolute Gasteiger partial charge is 0.225 e. The Bertz CT molecular complexity index is 350. The van der Waals surface area contributed by atoms with Crippen molar-refractivity contribution in [2.75, 3.05) is 0 Å². The number of rotatable bonds is 1. The standard InChI is InChI=1S/C9H7ClN2/c10-9-4-7(6-1-2-6)3-8(5-11)12-9/h3-4,6H,1-2H2. The van der Waals surface area contributed by atoms with Gasteiger partial charge in [-0.1, -0.05) is 11.6 Å². The zero-order valence-electron chi connectivity index (χ0n) is 6.42. The lowest BCUT2D eigenvalue weighted by Crippen LogP contribution is -1.87. The molecule has 12 heavy (non-hydrogen) atoms. The van der Waals surface area contributed by atoms with Gasteiger partial charge in [0, 0.05) is 0 Å². The van der Waals surface area contributed by atoms with Gasteiger partial charge in [-0.3, -0.25) is 0 Å². The van der Waals surface area contributed by atoms with Gasteiger partial charge in [-0.25, -0.2) is 4.98 Å². The molecule has 0 bridgehead atoms. The summed E-state index contributed by atoms with van der Waals surface area (Å²) >= 11 is 5.74. The maximum Gasteiger partial charge on any atom is 0.142 e. The lowest BCUT2D eigenvalue weighted by atomic mass is 10.1. The summed E-state index contributed by atoms with van der Waals surface area (Å²) in [7, 11) is 0. The molecule has 2 nitrogen and oxygen atoms in total. The molecule has 0 atom stereocenters. The van der Waals surface area contributed by atoms with Crippen LogP contribution in [-0.4, -0.2) is 4.98 Å². The highest BCUT2D eigenvalue weighted by molar-refractivity contribution is 6.29. The van der Waals surface area contributed by atoms with E-state index in [0.29, 0.717) is 16.8 Å². The van der Waals surface area contributed by atoms with Crippen molar-refractivity contribution in [2.45, 2.75) is 18.8 Å². The molecule has 1 fully saturated rings. The van der Waals surface area contributed by atoms with E-state index in [1.807, 2.05) is 18.2 Å².